The van der Waals surface area contributed by atoms with Crippen molar-refractivity contribution in [2.24, 2.45) is 0 Å². The van der Waals surface area contributed by atoms with Crippen LogP contribution in [0.1, 0.15) is 41.9 Å². The van der Waals surface area contributed by atoms with Crippen LogP contribution >= 0.6 is 0 Å². The van der Waals surface area contributed by atoms with Gasteiger partial charge >= 0.3 is 0 Å². The van der Waals surface area contributed by atoms with Gasteiger partial charge in [-0.15, -0.1) is 5.10 Å². The lowest BCUT2D eigenvalue weighted by molar-refractivity contribution is -0.933. The molecule has 0 amide bonds. The first-order valence-electron chi connectivity index (χ1n) is 11.1. The van der Waals surface area contributed by atoms with Gasteiger partial charge in [0.25, 0.3) is 0 Å². The summed E-state index contributed by atoms with van der Waals surface area (Å²) >= 11 is 0. The summed E-state index contributed by atoms with van der Waals surface area (Å²) in [7, 11) is 0. The molecule has 0 aliphatic carbocycles. The van der Waals surface area contributed by atoms with Gasteiger partial charge in [-0.25, -0.2) is 4.68 Å². The lowest BCUT2D eigenvalue weighted by Gasteiger charge is -2.37. The third kappa shape index (κ3) is 4.54. The Balaban J connectivity index is 1.42. The Morgan fingerprint density at radius 2 is 1.80 bits per heavy atom. The van der Waals surface area contributed by atoms with E-state index in [1.54, 1.807) is 4.90 Å². The van der Waals surface area contributed by atoms with E-state index in [2.05, 4.69) is 89.7 Å². The zero-order valence-corrected chi connectivity index (χ0v) is 18.4. The van der Waals surface area contributed by atoms with E-state index >= 15 is 0 Å². The summed E-state index contributed by atoms with van der Waals surface area (Å²) in [5.41, 5.74) is 5.40. The molecule has 2 heterocycles. The fourth-order valence-corrected chi connectivity index (χ4v) is 4.60. The molecule has 0 spiro atoms. The zero-order valence-electron chi connectivity index (χ0n) is 18.4. The van der Waals surface area contributed by atoms with Crippen molar-refractivity contribution in [2.45, 2.75) is 46.2 Å². The molecule has 1 N–H and O–H groups in total. The quantitative estimate of drug-likeness (QED) is 0.656. The second-order valence-electron chi connectivity index (χ2n) is 8.39. The third-order valence-electron chi connectivity index (χ3n) is 6.34. The molecular weight excluding hydrogens is 372 g/mol. The highest BCUT2D eigenvalue weighted by molar-refractivity contribution is 5.55. The Morgan fingerprint density at radius 1 is 1.03 bits per heavy atom. The summed E-state index contributed by atoms with van der Waals surface area (Å²) in [6.07, 6.45) is 2.00. The molecule has 1 saturated heterocycles. The highest BCUT2D eigenvalue weighted by Crippen LogP contribution is 2.22. The number of nitrogens with zero attached hydrogens (tertiary/aromatic N) is 5. The van der Waals surface area contributed by atoms with Crippen molar-refractivity contribution in [1.29, 1.82) is 0 Å². The van der Waals surface area contributed by atoms with Gasteiger partial charge < -0.3 is 9.80 Å². The van der Waals surface area contributed by atoms with Gasteiger partial charge in [-0.3, -0.25) is 0 Å². The first-order valence-corrected chi connectivity index (χ1v) is 11.1. The van der Waals surface area contributed by atoms with E-state index in [-0.39, 0.29) is 0 Å². The van der Waals surface area contributed by atoms with Gasteiger partial charge in [-0.05, 0) is 53.5 Å². The van der Waals surface area contributed by atoms with Crippen LogP contribution < -0.4 is 9.80 Å². The second kappa shape index (κ2) is 9.39. The van der Waals surface area contributed by atoms with Crippen LogP contribution in [-0.4, -0.2) is 46.4 Å². The van der Waals surface area contributed by atoms with E-state index in [0.717, 1.165) is 51.4 Å². The SMILES string of the molecule is CC[C@@H](c1nnnn1CCc1ccccc1)[NH+]1CCN(c2cc(C)ccc2C)CC1. The molecule has 6 nitrogen and oxygen atoms in total. The van der Waals surface area contributed by atoms with Crippen molar-refractivity contribution in [3.63, 3.8) is 0 Å². The summed E-state index contributed by atoms with van der Waals surface area (Å²) in [5.74, 6) is 1.03. The molecule has 30 heavy (non-hydrogen) atoms. The minimum absolute atomic E-state index is 0.344. The Labute approximate surface area is 179 Å². The number of hydrogen-bond donors (Lipinski definition) is 1. The van der Waals surface area contributed by atoms with Crippen LogP contribution in [0.25, 0.3) is 0 Å². The third-order valence-corrected chi connectivity index (χ3v) is 6.34. The maximum Gasteiger partial charge on any atom is 0.209 e. The Kier molecular flexibility index (Phi) is 6.43. The summed E-state index contributed by atoms with van der Waals surface area (Å²) in [4.78, 5) is 4.13. The molecule has 1 atom stereocenters. The van der Waals surface area contributed by atoms with Gasteiger partial charge in [-0.1, -0.05) is 49.4 Å². The molecule has 4 rings (SSSR count). The molecular formula is C24H33N6+. The number of piperazine rings is 1. The fourth-order valence-electron chi connectivity index (χ4n) is 4.60. The molecule has 158 valence electrons. The number of nitrogens with one attached hydrogen (secondary N) is 1. The van der Waals surface area contributed by atoms with Crippen LogP contribution in [0.15, 0.2) is 48.5 Å². The first-order chi connectivity index (χ1) is 14.7. The maximum atomic E-state index is 4.45. The molecule has 0 unspecified atom stereocenters. The van der Waals surface area contributed by atoms with E-state index in [0.29, 0.717) is 6.04 Å². The normalized spacial score (nSPS) is 16.0. The molecule has 1 aromatic heterocycles. The van der Waals surface area contributed by atoms with E-state index < -0.39 is 0 Å². The monoisotopic (exact) mass is 405 g/mol. The fraction of sp³-hybridized carbons (Fsp3) is 0.458. The zero-order chi connectivity index (χ0) is 20.9. The van der Waals surface area contributed by atoms with Crippen molar-refractivity contribution in [2.75, 3.05) is 31.1 Å². The molecule has 1 aliphatic rings. The van der Waals surface area contributed by atoms with Gasteiger partial charge in [0.05, 0.1) is 26.2 Å². The predicted molar refractivity (Wildman–Crippen MR) is 120 cm³/mol. The van der Waals surface area contributed by atoms with Crippen LogP contribution in [0, 0.1) is 13.8 Å². The molecule has 0 bridgehead atoms. The van der Waals surface area contributed by atoms with Crippen molar-refractivity contribution >= 4 is 5.69 Å². The largest absolute Gasteiger partial charge is 0.360 e. The minimum Gasteiger partial charge on any atom is -0.360 e. The molecule has 3 aromatic rings. The van der Waals surface area contributed by atoms with Gasteiger partial charge in [-0.2, -0.15) is 0 Å². The van der Waals surface area contributed by atoms with Gasteiger partial charge in [0.1, 0.15) is 6.04 Å². The number of aromatic nitrogens is 4. The van der Waals surface area contributed by atoms with Crippen LogP contribution in [0.5, 0.6) is 0 Å². The number of quaternary nitrogens is 1. The molecule has 0 saturated carbocycles. The average Bonchev–Trinajstić information content (AvgIpc) is 3.24. The van der Waals surface area contributed by atoms with Crippen LogP contribution in [0.4, 0.5) is 5.69 Å². The summed E-state index contributed by atoms with van der Waals surface area (Å²) in [5, 5.41) is 12.8. The topological polar surface area (TPSA) is 51.3 Å². The van der Waals surface area contributed by atoms with E-state index in [9.17, 15) is 0 Å². The second-order valence-corrected chi connectivity index (χ2v) is 8.39. The minimum atomic E-state index is 0.344. The van der Waals surface area contributed by atoms with E-state index in [4.69, 9.17) is 0 Å². The van der Waals surface area contributed by atoms with Gasteiger partial charge in [0, 0.05) is 18.7 Å². The number of hydrogen-bond acceptors (Lipinski definition) is 4. The van der Waals surface area contributed by atoms with Gasteiger partial charge in [0.15, 0.2) is 0 Å². The molecule has 6 heteroatoms. The highest BCUT2D eigenvalue weighted by Gasteiger charge is 2.31. The Morgan fingerprint density at radius 3 is 2.53 bits per heavy atom. The maximum absolute atomic E-state index is 4.45. The van der Waals surface area contributed by atoms with Crippen molar-refractivity contribution in [3.8, 4) is 0 Å². The summed E-state index contributed by atoms with van der Waals surface area (Å²) in [6, 6.07) is 17.7. The van der Waals surface area contributed by atoms with Crippen molar-refractivity contribution in [1.82, 2.24) is 20.2 Å². The number of anilines is 1. The molecule has 1 fully saturated rings. The Bertz CT molecular complexity index is 943. The number of rotatable bonds is 7. The molecule has 2 aromatic carbocycles. The predicted octanol–water partition coefficient (Wildman–Crippen LogP) is 2.39. The number of benzene rings is 2. The van der Waals surface area contributed by atoms with E-state index in [1.807, 2.05) is 4.68 Å². The smallest absolute Gasteiger partial charge is 0.209 e. The highest BCUT2D eigenvalue weighted by atomic mass is 15.5. The molecule has 0 radical (unpaired) electrons. The summed E-state index contributed by atoms with van der Waals surface area (Å²) < 4.78 is 2.02. The summed E-state index contributed by atoms with van der Waals surface area (Å²) in [6.45, 7) is 11.8. The van der Waals surface area contributed by atoms with Gasteiger partial charge in [0.2, 0.25) is 5.82 Å². The number of aryl methyl sites for hydroxylation is 4. The van der Waals surface area contributed by atoms with Crippen LogP contribution in [0.3, 0.4) is 0 Å². The average molecular weight is 406 g/mol. The Hall–Kier alpha value is -2.73. The van der Waals surface area contributed by atoms with Crippen molar-refractivity contribution in [3.05, 3.63) is 71.0 Å². The van der Waals surface area contributed by atoms with Crippen LogP contribution in [-0.2, 0) is 13.0 Å². The lowest BCUT2D eigenvalue weighted by Crippen LogP contribution is -3.15. The number of tetrazole rings is 1. The lowest BCUT2D eigenvalue weighted by atomic mass is 10.1. The van der Waals surface area contributed by atoms with E-state index in [1.165, 1.54) is 22.4 Å². The van der Waals surface area contributed by atoms with Crippen molar-refractivity contribution < 1.29 is 4.90 Å². The first kappa shape index (κ1) is 20.5. The standard InChI is InChI=1S/C24H32N6/c1-4-22(24-25-26-27-30(24)13-12-21-8-6-5-7-9-21)28-14-16-29(17-15-28)23-18-19(2)10-11-20(23)3/h5-11,18,22H,4,12-17H2,1-3H3/p+1/t22-/m0/s1. The molecule has 1 aliphatic heterocycles. The van der Waals surface area contributed by atoms with Crippen LogP contribution in [0.2, 0.25) is 0 Å².